The Hall–Kier alpha value is -1.88. The first-order valence-corrected chi connectivity index (χ1v) is 6.42. The molecule has 1 aliphatic carbocycles. The molecule has 2 aliphatic rings. The fourth-order valence-electron chi connectivity index (χ4n) is 2.52. The highest BCUT2D eigenvalue weighted by Gasteiger charge is 2.30. The molecule has 1 saturated carbocycles. The van der Waals surface area contributed by atoms with Crippen LogP contribution < -0.4 is 10.6 Å². The number of nitrogens with one attached hydrogen (secondary N) is 2. The van der Waals surface area contributed by atoms with Gasteiger partial charge in [0.25, 0.3) is 5.91 Å². The Labute approximate surface area is 111 Å². The third kappa shape index (κ3) is 2.33. The molecule has 100 valence electrons. The summed E-state index contributed by atoms with van der Waals surface area (Å²) < 4.78 is 5.18. The van der Waals surface area contributed by atoms with Crippen molar-refractivity contribution in [1.29, 1.82) is 0 Å². The molecule has 0 atom stereocenters. The summed E-state index contributed by atoms with van der Waals surface area (Å²) in [4.78, 5) is 23.3. The lowest BCUT2D eigenvalue weighted by atomic mass is 9.89. The van der Waals surface area contributed by atoms with Gasteiger partial charge in [-0.25, -0.2) is 0 Å². The van der Waals surface area contributed by atoms with Gasteiger partial charge in [-0.1, -0.05) is 0 Å². The average molecular weight is 260 g/mol. The zero-order valence-corrected chi connectivity index (χ0v) is 10.7. The van der Waals surface area contributed by atoms with Crippen molar-refractivity contribution in [2.75, 3.05) is 12.4 Å². The van der Waals surface area contributed by atoms with Crippen molar-refractivity contribution in [3.05, 3.63) is 29.3 Å². The lowest BCUT2D eigenvalue weighted by Crippen LogP contribution is -2.47. The Bertz CT molecular complexity index is 535. The highest BCUT2D eigenvalue weighted by atomic mass is 16.5. The molecule has 0 bridgehead atoms. The van der Waals surface area contributed by atoms with Crippen LogP contribution in [0.1, 0.15) is 28.8 Å². The minimum atomic E-state index is -0.0818. The molecule has 2 N–H and O–H groups in total. The summed E-state index contributed by atoms with van der Waals surface area (Å²) in [6, 6.07) is 5.51. The van der Waals surface area contributed by atoms with Gasteiger partial charge < -0.3 is 15.4 Å². The van der Waals surface area contributed by atoms with Crippen LogP contribution in [0.3, 0.4) is 0 Å². The molecule has 0 aromatic heterocycles. The van der Waals surface area contributed by atoms with Crippen molar-refractivity contribution in [3.63, 3.8) is 0 Å². The van der Waals surface area contributed by atoms with E-state index >= 15 is 0 Å². The highest BCUT2D eigenvalue weighted by molar-refractivity contribution is 6.01. The number of carbonyl (C=O) groups is 2. The van der Waals surface area contributed by atoms with Gasteiger partial charge in [0, 0.05) is 24.4 Å². The molecule has 5 nitrogen and oxygen atoms in total. The number of benzene rings is 1. The van der Waals surface area contributed by atoms with E-state index in [9.17, 15) is 9.59 Å². The number of rotatable bonds is 3. The van der Waals surface area contributed by atoms with Crippen LogP contribution in [-0.4, -0.2) is 31.1 Å². The fraction of sp³-hybridized carbons (Fsp3) is 0.429. The molecular weight excluding hydrogens is 244 g/mol. The van der Waals surface area contributed by atoms with Crippen LogP contribution in [0.25, 0.3) is 0 Å². The highest BCUT2D eigenvalue weighted by Crippen LogP contribution is 2.25. The second-order valence-electron chi connectivity index (χ2n) is 5.10. The van der Waals surface area contributed by atoms with Crippen LogP contribution in [-0.2, 0) is 16.0 Å². The second kappa shape index (κ2) is 4.66. The maximum absolute atomic E-state index is 12.1. The zero-order chi connectivity index (χ0) is 13.4. The number of amides is 2. The van der Waals surface area contributed by atoms with Crippen LogP contribution >= 0.6 is 0 Å². The van der Waals surface area contributed by atoms with Gasteiger partial charge in [-0.05, 0) is 36.6 Å². The molecule has 0 unspecified atom stereocenters. The maximum atomic E-state index is 12.1. The Balaban J connectivity index is 1.65. The summed E-state index contributed by atoms with van der Waals surface area (Å²) in [5.74, 6) is -0.101. The largest absolute Gasteiger partial charge is 0.381 e. The van der Waals surface area contributed by atoms with E-state index in [2.05, 4.69) is 10.6 Å². The van der Waals surface area contributed by atoms with Gasteiger partial charge >= 0.3 is 0 Å². The van der Waals surface area contributed by atoms with Gasteiger partial charge in [-0.2, -0.15) is 0 Å². The van der Waals surface area contributed by atoms with Crippen molar-refractivity contribution in [1.82, 2.24) is 5.32 Å². The third-order valence-corrected chi connectivity index (χ3v) is 3.76. The summed E-state index contributed by atoms with van der Waals surface area (Å²) in [6.07, 6.45) is 2.36. The lowest BCUT2D eigenvalue weighted by molar-refractivity contribution is -0.115. The van der Waals surface area contributed by atoms with Crippen LogP contribution in [0.5, 0.6) is 0 Å². The van der Waals surface area contributed by atoms with Crippen molar-refractivity contribution in [2.45, 2.75) is 31.4 Å². The van der Waals surface area contributed by atoms with Gasteiger partial charge in [0.2, 0.25) is 5.91 Å². The van der Waals surface area contributed by atoms with E-state index in [0.29, 0.717) is 12.0 Å². The third-order valence-electron chi connectivity index (χ3n) is 3.76. The van der Waals surface area contributed by atoms with Gasteiger partial charge in [-0.15, -0.1) is 0 Å². The summed E-state index contributed by atoms with van der Waals surface area (Å²) in [5, 5.41) is 5.73. The first-order valence-electron chi connectivity index (χ1n) is 6.42. The quantitative estimate of drug-likeness (QED) is 0.854. The smallest absolute Gasteiger partial charge is 0.251 e. The van der Waals surface area contributed by atoms with E-state index in [-0.39, 0.29) is 24.0 Å². The Kier molecular flexibility index (Phi) is 2.98. The molecule has 5 heteroatoms. The van der Waals surface area contributed by atoms with Crippen LogP contribution in [0.4, 0.5) is 5.69 Å². The van der Waals surface area contributed by atoms with Crippen LogP contribution in [0, 0.1) is 0 Å². The lowest BCUT2D eigenvalue weighted by Gasteiger charge is -2.34. The van der Waals surface area contributed by atoms with Crippen LogP contribution in [0.2, 0.25) is 0 Å². The average Bonchev–Trinajstić information content (AvgIpc) is 2.71. The number of fused-ring (bicyclic) bond motifs is 1. The monoisotopic (exact) mass is 260 g/mol. The normalized spacial score (nSPS) is 24.4. The van der Waals surface area contributed by atoms with Crippen molar-refractivity contribution >= 4 is 17.5 Å². The Morgan fingerprint density at radius 1 is 1.42 bits per heavy atom. The van der Waals surface area contributed by atoms with Crippen molar-refractivity contribution in [3.8, 4) is 0 Å². The fourth-order valence-corrected chi connectivity index (χ4v) is 2.52. The van der Waals surface area contributed by atoms with Crippen LogP contribution in [0.15, 0.2) is 18.2 Å². The number of hydrogen-bond donors (Lipinski definition) is 2. The molecule has 1 aromatic rings. The van der Waals surface area contributed by atoms with Gasteiger partial charge in [-0.3, -0.25) is 9.59 Å². The molecule has 1 fully saturated rings. The molecule has 19 heavy (non-hydrogen) atoms. The van der Waals surface area contributed by atoms with E-state index in [0.717, 1.165) is 24.1 Å². The topological polar surface area (TPSA) is 67.4 Å². The van der Waals surface area contributed by atoms with Gasteiger partial charge in [0.1, 0.15) is 0 Å². The SMILES string of the molecule is COC1CC(NC(=O)c2ccc3c(c2)CC(=O)N3)C1. The minimum Gasteiger partial charge on any atom is -0.381 e. The Morgan fingerprint density at radius 2 is 2.21 bits per heavy atom. The van der Waals surface area contributed by atoms with E-state index in [4.69, 9.17) is 4.74 Å². The number of ether oxygens (including phenoxy) is 1. The van der Waals surface area contributed by atoms with Crippen molar-refractivity contribution in [2.24, 2.45) is 0 Å². The molecule has 0 saturated heterocycles. The standard InChI is InChI=1S/C14H16N2O3/c1-19-11-6-10(7-11)15-14(18)8-2-3-12-9(4-8)5-13(17)16-12/h2-4,10-11H,5-7H2,1H3,(H,15,18)(H,16,17). The summed E-state index contributed by atoms with van der Waals surface area (Å²) in [7, 11) is 1.69. The van der Waals surface area contributed by atoms with E-state index in [1.54, 1.807) is 25.3 Å². The zero-order valence-electron chi connectivity index (χ0n) is 10.7. The number of carbonyl (C=O) groups excluding carboxylic acids is 2. The van der Waals surface area contributed by atoms with Gasteiger partial charge in [0.15, 0.2) is 0 Å². The summed E-state index contributed by atoms with van der Waals surface area (Å²) >= 11 is 0. The minimum absolute atomic E-state index is 0.0190. The number of hydrogen-bond acceptors (Lipinski definition) is 3. The molecule has 2 amide bonds. The summed E-state index contributed by atoms with van der Waals surface area (Å²) in [5.41, 5.74) is 2.31. The second-order valence-corrected chi connectivity index (χ2v) is 5.10. The number of methoxy groups -OCH3 is 1. The van der Waals surface area contributed by atoms with E-state index in [1.165, 1.54) is 0 Å². The first-order chi connectivity index (χ1) is 9.15. The molecule has 1 heterocycles. The molecule has 1 aromatic carbocycles. The molecule has 1 aliphatic heterocycles. The molecular formula is C14H16N2O3. The first kappa shape index (κ1) is 12.2. The summed E-state index contributed by atoms with van der Waals surface area (Å²) in [6.45, 7) is 0. The molecule has 3 rings (SSSR count). The molecule has 0 radical (unpaired) electrons. The molecule has 0 spiro atoms. The predicted molar refractivity (Wildman–Crippen MR) is 70.1 cm³/mol. The van der Waals surface area contributed by atoms with Crippen molar-refractivity contribution < 1.29 is 14.3 Å². The van der Waals surface area contributed by atoms with Gasteiger partial charge in [0.05, 0.1) is 12.5 Å². The predicted octanol–water partition coefficient (Wildman–Crippen LogP) is 1.09. The maximum Gasteiger partial charge on any atom is 0.251 e. The van der Waals surface area contributed by atoms with E-state index < -0.39 is 0 Å². The Morgan fingerprint density at radius 3 is 2.95 bits per heavy atom. The number of anilines is 1. The van der Waals surface area contributed by atoms with E-state index in [1.807, 2.05) is 0 Å².